The highest BCUT2D eigenvalue weighted by atomic mass is 35.5. The van der Waals surface area contributed by atoms with E-state index in [-0.39, 0.29) is 11.9 Å². The van der Waals surface area contributed by atoms with Crippen molar-refractivity contribution in [1.82, 2.24) is 15.4 Å². The summed E-state index contributed by atoms with van der Waals surface area (Å²) in [6.45, 7) is 2.59. The average Bonchev–Trinajstić information content (AvgIpc) is 3.42. The van der Waals surface area contributed by atoms with Gasteiger partial charge in [0, 0.05) is 17.6 Å². The average molecular weight is 416 g/mol. The quantitative estimate of drug-likeness (QED) is 0.614. The monoisotopic (exact) mass is 415 g/mol. The molecule has 2 aromatic heterocycles. The number of hydrogen-bond acceptors (Lipinski definition) is 5. The first-order valence-corrected chi connectivity index (χ1v) is 10.7. The van der Waals surface area contributed by atoms with E-state index >= 15 is 0 Å². The van der Waals surface area contributed by atoms with Gasteiger partial charge in [0.05, 0.1) is 10.9 Å². The van der Waals surface area contributed by atoms with Crippen molar-refractivity contribution in [2.45, 2.75) is 25.3 Å². The number of piperidine rings is 1. The van der Waals surface area contributed by atoms with Gasteiger partial charge in [-0.3, -0.25) is 9.69 Å². The van der Waals surface area contributed by atoms with Crippen molar-refractivity contribution >= 4 is 28.8 Å². The van der Waals surface area contributed by atoms with Crippen LogP contribution in [0.2, 0.25) is 5.02 Å². The summed E-state index contributed by atoms with van der Waals surface area (Å²) in [6, 6.07) is 13.6. The molecule has 1 aromatic carbocycles. The molecule has 1 saturated heterocycles. The number of halogens is 1. The fourth-order valence-electron chi connectivity index (χ4n) is 3.57. The Labute approximate surface area is 173 Å². The number of hydrogen-bond donors (Lipinski definition) is 1. The lowest BCUT2D eigenvalue weighted by Crippen LogP contribution is -2.40. The second-order valence-electron chi connectivity index (χ2n) is 6.93. The first-order valence-electron chi connectivity index (χ1n) is 9.49. The summed E-state index contributed by atoms with van der Waals surface area (Å²) in [4.78, 5) is 16.0. The van der Waals surface area contributed by atoms with Gasteiger partial charge in [0.1, 0.15) is 0 Å². The Hall–Kier alpha value is -2.15. The SMILES string of the molecule is O=C(NC[C@H](c1ccc(Cl)cc1)N1CCCCC1)c1cc(-c2cccs2)on1. The molecule has 1 aliphatic heterocycles. The first-order chi connectivity index (χ1) is 13.7. The van der Waals surface area contributed by atoms with E-state index in [1.165, 1.54) is 19.3 Å². The molecule has 3 heterocycles. The van der Waals surface area contributed by atoms with Crippen LogP contribution in [-0.2, 0) is 0 Å². The van der Waals surface area contributed by atoms with Crippen LogP contribution in [0.3, 0.4) is 0 Å². The molecule has 1 fully saturated rings. The fourth-order valence-corrected chi connectivity index (χ4v) is 4.37. The van der Waals surface area contributed by atoms with Gasteiger partial charge < -0.3 is 9.84 Å². The van der Waals surface area contributed by atoms with Gasteiger partial charge >= 0.3 is 0 Å². The van der Waals surface area contributed by atoms with Gasteiger partial charge in [-0.15, -0.1) is 11.3 Å². The van der Waals surface area contributed by atoms with Crippen LogP contribution in [0, 0.1) is 0 Å². The van der Waals surface area contributed by atoms with E-state index in [1.54, 1.807) is 17.4 Å². The molecule has 1 N–H and O–H groups in total. The number of carbonyl (C=O) groups excluding carboxylic acids is 1. The summed E-state index contributed by atoms with van der Waals surface area (Å²) >= 11 is 7.61. The number of thiophene rings is 1. The number of aromatic nitrogens is 1. The molecule has 5 nitrogen and oxygen atoms in total. The summed E-state index contributed by atoms with van der Waals surface area (Å²) in [6.07, 6.45) is 3.64. The molecule has 0 aliphatic carbocycles. The zero-order chi connectivity index (χ0) is 19.3. The Morgan fingerprint density at radius 3 is 2.71 bits per heavy atom. The highest BCUT2D eigenvalue weighted by Crippen LogP contribution is 2.27. The van der Waals surface area contributed by atoms with Crippen molar-refractivity contribution in [3.8, 4) is 10.6 Å². The van der Waals surface area contributed by atoms with Crippen molar-refractivity contribution in [3.63, 3.8) is 0 Å². The molecule has 3 aromatic rings. The third-order valence-corrected chi connectivity index (χ3v) is 6.19. The van der Waals surface area contributed by atoms with E-state index in [1.807, 2.05) is 41.8 Å². The van der Waals surface area contributed by atoms with Crippen LogP contribution in [0.4, 0.5) is 0 Å². The molecule has 7 heteroatoms. The van der Waals surface area contributed by atoms with Gasteiger partial charge in [0.2, 0.25) is 0 Å². The minimum absolute atomic E-state index is 0.116. The molecule has 1 aliphatic rings. The van der Waals surface area contributed by atoms with Crippen molar-refractivity contribution in [3.05, 3.63) is 64.1 Å². The van der Waals surface area contributed by atoms with Crippen LogP contribution in [-0.4, -0.2) is 35.6 Å². The molecule has 0 radical (unpaired) electrons. The number of amides is 1. The molecular formula is C21H22ClN3O2S. The lowest BCUT2D eigenvalue weighted by Gasteiger charge is -2.35. The second-order valence-corrected chi connectivity index (χ2v) is 8.31. The number of carbonyl (C=O) groups is 1. The predicted octanol–water partition coefficient (Wildman–Crippen LogP) is 5.01. The third kappa shape index (κ3) is 4.46. The fraction of sp³-hybridized carbons (Fsp3) is 0.333. The zero-order valence-corrected chi connectivity index (χ0v) is 17.0. The largest absolute Gasteiger partial charge is 0.355 e. The van der Waals surface area contributed by atoms with E-state index in [0.717, 1.165) is 23.5 Å². The summed E-state index contributed by atoms with van der Waals surface area (Å²) in [5.74, 6) is 0.396. The van der Waals surface area contributed by atoms with E-state index in [0.29, 0.717) is 23.0 Å². The minimum Gasteiger partial charge on any atom is -0.355 e. The molecule has 146 valence electrons. The molecule has 0 saturated carbocycles. The van der Waals surface area contributed by atoms with Crippen molar-refractivity contribution < 1.29 is 9.32 Å². The van der Waals surface area contributed by atoms with Crippen LogP contribution < -0.4 is 5.32 Å². The number of nitrogens with zero attached hydrogens (tertiary/aromatic N) is 2. The van der Waals surface area contributed by atoms with E-state index in [2.05, 4.69) is 15.4 Å². The van der Waals surface area contributed by atoms with E-state index in [9.17, 15) is 4.79 Å². The topological polar surface area (TPSA) is 58.4 Å². The molecule has 1 atom stereocenters. The Morgan fingerprint density at radius 2 is 2.00 bits per heavy atom. The first kappa shape index (κ1) is 19.2. The van der Waals surface area contributed by atoms with E-state index in [4.69, 9.17) is 16.1 Å². The molecule has 0 spiro atoms. The minimum atomic E-state index is -0.220. The van der Waals surface area contributed by atoms with Crippen LogP contribution in [0.1, 0.15) is 41.4 Å². The standard InChI is InChI=1S/C21H22ClN3O2S/c22-16-8-6-15(7-9-16)18(25-10-2-1-3-11-25)14-23-21(26)17-13-19(27-24-17)20-5-4-12-28-20/h4-9,12-13,18H,1-3,10-11,14H2,(H,23,26)/t18-/m1/s1. The predicted molar refractivity (Wildman–Crippen MR) is 112 cm³/mol. The number of benzene rings is 1. The molecule has 1 amide bonds. The summed E-state index contributed by atoms with van der Waals surface area (Å²) in [7, 11) is 0. The van der Waals surface area contributed by atoms with Gasteiger partial charge in [-0.05, 0) is 55.1 Å². The van der Waals surface area contributed by atoms with Gasteiger partial charge in [-0.1, -0.05) is 41.4 Å². The third-order valence-electron chi connectivity index (χ3n) is 5.05. The Kier molecular flexibility index (Phi) is 6.10. The molecule has 0 unspecified atom stereocenters. The number of rotatable bonds is 6. The smallest absolute Gasteiger partial charge is 0.273 e. The Morgan fingerprint density at radius 1 is 1.21 bits per heavy atom. The summed E-state index contributed by atoms with van der Waals surface area (Å²) in [5, 5.41) is 9.65. The van der Waals surface area contributed by atoms with Crippen molar-refractivity contribution in [2.24, 2.45) is 0 Å². The highest BCUT2D eigenvalue weighted by Gasteiger charge is 2.24. The van der Waals surface area contributed by atoms with Crippen molar-refractivity contribution in [2.75, 3.05) is 19.6 Å². The summed E-state index contributed by atoms with van der Waals surface area (Å²) < 4.78 is 5.33. The molecule has 28 heavy (non-hydrogen) atoms. The summed E-state index contributed by atoms with van der Waals surface area (Å²) in [5.41, 5.74) is 1.46. The molecule has 0 bridgehead atoms. The maximum Gasteiger partial charge on any atom is 0.273 e. The lowest BCUT2D eigenvalue weighted by molar-refractivity contribution is 0.0915. The van der Waals surface area contributed by atoms with Crippen LogP contribution >= 0.6 is 22.9 Å². The lowest BCUT2D eigenvalue weighted by atomic mass is 10.0. The van der Waals surface area contributed by atoms with Crippen LogP contribution in [0.15, 0.2) is 52.4 Å². The number of likely N-dealkylation sites (tertiary alicyclic amines) is 1. The molecular weight excluding hydrogens is 394 g/mol. The Balaban J connectivity index is 1.46. The normalized spacial score (nSPS) is 16.0. The van der Waals surface area contributed by atoms with Crippen LogP contribution in [0.5, 0.6) is 0 Å². The van der Waals surface area contributed by atoms with Gasteiger partial charge in [0.25, 0.3) is 5.91 Å². The van der Waals surface area contributed by atoms with Gasteiger partial charge in [-0.2, -0.15) is 0 Å². The van der Waals surface area contributed by atoms with E-state index < -0.39 is 0 Å². The number of nitrogens with one attached hydrogen (secondary N) is 1. The molecule has 4 rings (SSSR count). The maximum absolute atomic E-state index is 12.6. The van der Waals surface area contributed by atoms with Crippen LogP contribution in [0.25, 0.3) is 10.6 Å². The maximum atomic E-state index is 12.6. The van der Waals surface area contributed by atoms with Gasteiger partial charge in [-0.25, -0.2) is 0 Å². The van der Waals surface area contributed by atoms with Crippen molar-refractivity contribution in [1.29, 1.82) is 0 Å². The second kappa shape index (κ2) is 8.90. The van der Waals surface area contributed by atoms with Gasteiger partial charge in [0.15, 0.2) is 11.5 Å². The zero-order valence-electron chi connectivity index (χ0n) is 15.4. The highest BCUT2D eigenvalue weighted by molar-refractivity contribution is 7.13. The Bertz CT molecular complexity index is 902.